The van der Waals surface area contributed by atoms with Crippen molar-refractivity contribution in [1.82, 2.24) is 5.06 Å². The van der Waals surface area contributed by atoms with E-state index in [1.165, 1.54) is 6.42 Å². The van der Waals surface area contributed by atoms with Crippen LogP contribution in [0.3, 0.4) is 0 Å². The van der Waals surface area contributed by atoms with Crippen molar-refractivity contribution >= 4 is 0 Å². The molecule has 2 bridgehead atoms. The highest BCUT2D eigenvalue weighted by molar-refractivity contribution is 4.82. The first-order chi connectivity index (χ1) is 5.25. The second-order valence-corrected chi connectivity index (χ2v) is 3.63. The van der Waals surface area contributed by atoms with Gasteiger partial charge < -0.3 is 5.11 Å². The van der Waals surface area contributed by atoms with Gasteiger partial charge in [0.15, 0.2) is 0 Å². The molecule has 2 aliphatic heterocycles. The molecule has 3 heteroatoms. The van der Waals surface area contributed by atoms with E-state index in [4.69, 9.17) is 4.84 Å². The van der Waals surface area contributed by atoms with Crippen LogP contribution in [0.25, 0.3) is 0 Å². The summed E-state index contributed by atoms with van der Waals surface area (Å²) < 4.78 is 0. The molecular weight excluding hydrogens is 142 g/mol. The molecule has 3 aliphatic rings. The molecule has 3 nitrogen and oxygen atoms in total. The van der Waals surface area contributed by atoms with Crippen LogP contribution in [0, 0.1) is 0 Å². The summed E-state index contributed by atoms with van der Waals surface area (Å²) in [6, 6.07) is 0.448. The molecule has 1 N–H and O–H groups in total. The lowest BCUT2D eigenvalue weighted by Crippen LogP contribution is -2.38. The van der Waals surface area contributed by atoms with Gasteiger partial charge in [0.25, 0.3) is 0 Å². The third-order valence-electron chi connectivity index (χ3n) is 2.73. The van der Waals surface area contributed by atoms with E-state index >= 15 is 0 Å². The summed E-state index contributed by atoms with van der Waals surface area (Å²) in [7, 11) is 1.97. The van der Waals surface area contributed by atoms with Gasteiger partial charge in [0, 0.05) is 19.5 Å². The molecule has 0 radical (unpaired) electrons. The van der Waals surface area contributed by atoms with Crippen LogP contribution in [0.4, 0.5) is 0 Å². The molecule has 0 aromatic rings. The van der Waals surface area contributed by atoms with Gasteiger partial charge in [-0.15, -0.1) is 0 Å². The number of hydroxylamine groups is 2. The van der Waals surface area contributed by atoms with Crippen LogP contribution in [0.15, 0.2) is 0 Å². The second-order valence-electron chi connectivity index (χ2n) is 3.63. The monoisotopic (exact) mass is 157 g/mol. The molecule has 11 heavy (non-hydrogen) atoms. The van der Waals surface area contributed by atoms with Crippen LogP contribution in [0.2, 0.25) is 0 Å². The maximum Gasteiger partial charge on any atom is 0.0818 e. The summed E-state index contributed by atoms with van der Waals surface area (Å²) in [6.07, 6.45) is 4.13. The number of aliphatic hydroxyl groups excluding tert-OH is 1. The lowest BCUT2D eigenvalue weighted by molar-refractivity contribution is -0.224. The molecule has 3 rings (SSSR count). The van der Waals surface area contributed by atoms with E-state index in [-0.39, 0.29) is 12.2 Å². The summed E-state index contributed by atoms with van der Waals surface area (Å²) in [5.41, 5.74) is 0. The fourth-order valence-electron chi connectivity index (χ4n) is 2.07. The van der Waals surface area contributed by atoms with Gasteiger partial charge in [-0.25, -0.2) is 0 Å². The van der Waals surface area contributed by atoms with Gasteiger partial charge >= 0.3 is 0 Å². The van der Waals surface area contributed by atoms with Crippen molar-refractivity contribution in [3.63, 3.8) is 0 Å². The lowest BCUT2D eigenvalue weighted by atomic mass is 10.1. The first-order valence-corrected chi connectivity index (χ1v) is 4.33. The number of aliphatic hydroxyl groups is 1. The highest BCUT2D eigenvalue weighted by Gasteiger charge is 2.34. The lowest BCUT2D eigenvalue weighted by Gasteiger charge is -2.32. The Morgan fingerprint density at radius 3 is 2.91 bits per heavy atom. The van der Waals surface area contributed by atoms with Gasteiger partial charge in [0.05, 0.1) is 12.2 Å². The molecule has 0 amide bonds. The normalized spacial score (nSPS) is 45.8. The number of rotatable bonds is 0. The van der Waals surface area contributed by atoms with Crippen LogP contribution < -0.4 is 0 Å². The average Bonchev–Trinajstić information content (AvgIpc) is 2.16. The fourth-order valence-corrected chi connectivity index (χ4v) is 2.07. The topological polar surface area (TPSA) is 32.7 Å². The van der Waals surface area contributed by atoms with Crippen LogP contribution in [0.5, 0.6) is 0 Å². The third-order valence-corrected chi connectivity index (χ3v) is 2.73. The van der Waals surface area contributed by atoms with Gasteiger partial charge in [0.2, 0.25) is 0 Å². The Morgan fingerprint density at radius 1 is 1.36 bits per heavy atom. The van der Waals surface area contributed by atoms with E-state index in [0.717, 1.165) is 19.3 Å². The van der Waals surface area contributed by atoms with Crippen molar-refractivity contribution in [1.29, 1.82) is 0 Å². The average molecular weight is 157 g/mol. The van der Waals surface area contributed by atoms with E-state index in [1.807, 2.05) is 12.1 Å². The van der Waals surface area contributed by atoms with Gasteiger partial charge in [-0.2, -0.15) is 5.06 Å². The highest BCUT2D eigenvalue weighted by Crippen LogP contribution is 2.30. The predicted octanol–water partition coefficient (Wildman–Crippen LogP) is 0.536. The highest BCUT2D eigenvalue weighted by atomic mass is 16.7. The minimum Gasteiger partial charge on any atom is -0.393 e. The van der Waals surface area contributed by atoms with Crippen molar-refractivity contribution in [2.24, 2.45) is 0 Å². The number of fused-ring (bicyclic) bond motifs is 4. The Hall–Kier alpha value is -0.120. The summed E-state index contributed by atoms with van der Waals surface area (Å²) >= 11 is 0. The Bertz CT molecular complexity index is 149. The molecular formula is C8H15NO2. The Morgan fingerprint density at radius 2 is 2.18 bits per heavy atom. The number of hydrogen-bond donors (Lipinski definition) is 1. The predicted molar refractivity (Wildman–Crippen MR) is 40.9 cm³/mol. The zero-order valence-corrected chi connectivity index (χ0v) is 6.86. The Labute approximate surface area is 66.9 Å². The number of nitrogens with zero attached hydrogens (tertiary/aromatic N) is 1. The standard InChI is InChI=1S/C8H15NO2/c1-9-6-2-3-8(11-9)5-7(10)4-6/h6-8,10H,2-5H2,1H3. The van der Waals surface area contributed by atoms with Crippen molar-refractivity contribution in [3.05, 3.63) is 0 Å². The van der Waals surface area contributed by atoms with Crippen molar-refractivity contribution in [3.8, 4) is 0 Å². The minimum absolute atomic E-state index is 0.141. The van der Waals surface area contributed by atoms with Crippen molar-refractivity contribution in [2.75, 3.05) is 7.05 Å². The SMILES string of the molecule is CN1OC2CCC1CC(O)C2. The summed E-state index contributed by atoms with van der Waals surface area (Å²) in [6.45, 7) is 0. The van der Waals surface area contributed by atoms with E-state index in [1.54, 1.807) is 0 Å². The maximum absolute atomic E-state index is 9.48. The first kappa shape index (κ1) is 7.53. The quantitative estimate of drug-likeness (QED) is 0.557. The molecule has 2 saturated heterocycles. The molecule has 2 heterocycles. The van der Waals surface area contributed by atoms with E-state index in [2.05, 4.69) is 0 Å². The molecule has 3 fully saturated rings. The fraction of sp³-hybridized carbons (Fsp3) is 1.00. The zero-order valence-electron chi connectivity index (χ0n) is 6.86. The second kappa shape index (κ2) is 2.73. The largest absolute Gasteiger partial charge is 0.393 e. The zero-order chi connectivity index (χ0) is 7.84. The van der Waals surface area contributed by atoms with Crippen LogP contribution in [-0.2, 0) is 4.84 Å². The summed E-state index contributed by atoms with van der Waals surface area (Å²) in [5, 5.41) is 11.4. The van der Waals surface area contributed by atoms with Crippen LogP contribution >= 0.6 is 0 Å². The molecule has 1 saturated carbocycles. The Kier molecular flexibility index (Phi) is 1.87. The summed E-state index contributed by atoms with van der Waals surface area (Å²) in [5.74, 6) is 0. The minimum atomic E-state index is -0.141. The van der Waals surface area contributed by atoms with Crippen LogP contribution in [0.1, 0.15) is 25.7 Å². The van der Waals surface area contributed by atoms with Gasteiger partial charge in [-0.05, 0) is 19.3 Å². The molecule has 64 valence electrons. The smallest absolute Gasteiger partial charge is 0.0818 e. The molecule has 1 aliphatic carbocycles. The summed E-state index contributed by atoms with van der Waals surface area (Å²) in [4.78, 5) is 5.55. The van der Waals surface area contributed by atoms with Gasteiger partial charge in [-0.3, -0.25) is 4.84 Å². The molecule has 0 aromatic carbocycles. The molecule has 3 unspecified atom stereocenters. The van der Waals surface area contributed by atoms with E-state index in [9.17, 15) is 5.11 Å². The Balaban J connectivity index is 2.10. The van der Waals surface area contributed by atoms with Gasteiger partial charge in [-0.1, -0.05) is 0 Å². The first-order valence-electron chi connectivity index (χ1n) is 4.33. The molecule has 0 aromatic heterocycles. The van der Waals surface area contributed by atoms with Crippen molar-refractivity contribution < 1.29 is 9.94 Å². The van der Waals surface area contributed by atoms with Crippen molar-refractivity contribution in [2.45, 2.75) is 43.9 Å². The van der Waals surface area contributed by atoms with Crippen LogP contribution in [-0.4, -0.2) is 35.5 Å². The third kappa shape index (κ3) is 1.41. The molecule has 0 spiro atoms. The van der Waals surface area contributed by atoms with Gasteiger partial charge in [0.1, 0.15) is 0 Å². The maximum atomic E-state index is 9.48. The number of hydrogen-bond acceptors (Lipinski definition) is 3. The van der Waals surface area contributed by atoms with E-state index in [0.29, 0.717) is 6.04 Å². The molecule has 3 atom stereocenters. The van der Waals surface area contributed by atoms with E-state index < -0.39 is 0 Å².